The molecule has 1 fully saturated rings. The minimum absolute atomic E-state index is 0.0498. The van der Waals surface area contributed by atoms with Gasteiger partial charge in [-0.2, -0.15) is 0 Å². The minimum atomic E-state index is -0.777. The van der Waals surface area contributed by atoms with E-state index in [0.717, 1.165) is 12.0 Å². The lowest BCUT2D eigenvalue weighted by Crippen LogP contribution is -2.41. The number of hydrogen-bond acceptors (Lipinski definition) is 2. The molecule has 0 bridgehead atoms. The average Bonchev–Trinajstić information content (AvgIpc) is 2.90. The van der Waals surface area contributed by atoms with Crippen molar-refractivity contribution in [3.8, 4) is 0 Å². The summed E-state index contributed by atoms with van der Waals surface area (Å²) in [6, 6.07) is 7.10. The van der Waals surface area contributed by atoms with Gasteiger partial charge in [0.1, 0.15) is 0 Å². The number of aliphatic carboxylic acids is 1. The summed E-state index contributed by atoms with van der Waals surface area (Å²) in [4.78, 5) is 24.6. The number of carbonyl (C=O) groups is 2. The first-order valence-corrected chi connectivity index (χ1v) is 7.32. The van der Waals surface area contributed by atoms with E-state index in [9.17, 15) is 9.59 Å². The van der Waals surface area contributed by atoms with E-state index < -0.39 is 5.97 Å². The van der Waals surface area contributed by atoms with Crippen LogP contribution in [0.1, 0.15) is 24.8 Å². The van der Waals surface area contributed by atoms with Crippen molar-refractivity contribution in [1.29, 1.82) is 0 Å². The summed E-state index contributed by atoms with van der Waals surface area (Å²) in [7, 11) is 1.72. The molecule has 21 heavy (non-hydrogen) atoms. The zero-order chi connectivity index (χ0) is 15.4. The SMILES string of the molecule is CN(Cc1ccc(Cl)cc1)C(=O)NC1CCC(C(=O)O)C1. The maximum atomic E-state index is 12.1. The van der Waals surface area contributed by atoms with Crippen molar-refractivity contribution in [2.45, 2.75) is 31.8 Å². The Kier molecular flexibility index (Phi) is 5.07. The fourth-order valence-corrected chi connectivity index (χ4v) is 2.68. The number of carbonyl (C=O) groups excluding carboxylic acids is 1. The van der Waals surface area contributed by atoms with Gasteiger partial charge < -0.3 is 15.3 Å². The van der Waals surface area contributed by atoms with Crippen LogP contribution in [-0.2, 0) is 11.3 Å². The molecule has 2 atom stereocenters. The molecule has 0 radical (unpaired) electrons. The summed E-state index contributed by atoms with van der Waals surface area (Å²) in [5, 5.41) is 12.5. The lowest BCUT2D eigenvalue weighted by molar-refractivity contribution is -0.141. The average molecular weight is 311 g/mol. The fourth-order valence-electron chi connectivity index (χ4n) is 2.56. The number of hydrogen-bond donors (Lipinski definition) is 2. The molecule has 0 heterocycles. The van der Waals surface area contributed by atoms with Crippen molar-refractivity contribution >= 4 is 23.6 Å². The summed E-state index contributed by atoms with van der Waals surface area (Å²) in [5.74, 6) is -1.11. The van der Waals surface area contributed by atoms with Crippen molar-refractivity contribution in [1.82, 2.24) is 10.2 Å². The molecule has 1 aliphatic rings. The van der Waals surface area contributed by atoms with Crippen molar-refractivity contribution in [2.24, 2.45) is 5.92 Å². The van der Waals surface area contributed by atoms with Crippen LogP contribution in [-0.4, -0.2) is 35.1 Å². The van der Waals surface area contributed by atoms with Gasteiger partial charge in [-0.3, -0.25) is 4.79 Å². The smallest absolute Gasteiger partial charge is 0.317 e. The van der Waals surface area contributed by atoms with Crippen molar-refractivity contribution in [3.63, 3.8) is 0 Å². The molecule has 2 rings (SSSR count). The molecule has 1 aromatic rings. The molecule has 1 saturated carbocycles. The quantitative estimate of drug-likeness (QED) is 0.898. The summed E-state index contributed by atoms with van der Waals surface area (Å²) >= 11 is 5.82. The number of carboxylic acids is 1. The molecule has 2 N–H and O–H groups in total. The van der Waals surface area contributed by atoms with Gasteiger partial charge >= 0.3 is 12.0 Å². The number of urea groups is 1. The molecular formula is C15H19ClN2O3. The van der Waals surface area contributed by atoms with Crippen LogP contribution >= 0.6 is 11.6 Å². The fraction of sp³-hybridized carbons (Fsp3) is 0.467. The highest BCUT2D eigenvalue weighted by molar-refractivity contribution is 6.30. The summed E-state index contributed by atoms with van der Waals surface area (Å²) in [5.41, 5.74) is 0.992. The second-order valence-corrected chi connectivity index (χ2v) is 5.91. The molecular weight excluding hydrogens is 292 g/mol. The van der Waals surface area contributed by atoms with Gasteiger partial charge in [-0.1, -0.05) is 23.7 Å². The number of benzene rings is 1. The molecule has 1 aliphatic carbocycles. The van der Waals surface area contributed by atoms with Crippen LogP contribution in [0.15, 0.2) is 24.3 Å². The monoisotopic (exact) mass is 310 g/mol. The highest BCUT2D eigenvalue weighted by Crippen LogP contribution is 2.25. The van der Waals surface area contributed by atoms with Crippen LogP contribution < -0.4 is 5.32 Å². The lowest BCUT2D eigenvalue weighted by atomic mass is 10.1. The summed E-state index contributed by atoms with van der Waals surface area (Å²) < 4.78 is 0. The highest BCUT2D eigenvalue weighted by atomic mass is 35.5. The predicted molar refractivity (Wildman–Crippen MR) is 80.2 cm³/mol. The van der Waals surface area contributed by atoms with Gasteiger partial charge in [0.2, 0.25) is 0 Å². The molecule has 5 nitrogen and oxygen atoms in total. The van der Waals surface area contributed by atoms with Gasteiger partial charge in [0.15, 0.2) is 0 Å². The molecule has 6 heteroatoms. The van der Waals surface area contributed by atoms with E-state index in [-0.39, 0.29) is 18.0 Å². The maximum Gasteiger partial charge on any atom is 0.317 e. The van der Waals surface area contributed by atoms with Crippen LogP contribution in [0.25, 0.3) is 0 Å². The molecule has 1 aromatic carbocycles. The third kappa shape index (κ3) is 4.36. The number of nitrogens with one attached hydrogen (secondary N) is 1. The van der Waals surface area contributed by atoms with Crippen LogP contribution in [0.4, 0.5) is 4.79 Å². The van der Waals surface area contributed by atoms with Gasteiger partial charge in [0.25, 0.3) is 0 Å². The number of halogens is 1. The highest BCUT2D eigenvalue weighted by Gasteiger charge is 2.30. The largest absolute Gasteiger partial charge is 0.481 e. The first-order valence-electron chi connectivity index (χ1n) is 6.94. The first-order chi connectivity index (χ1) is 9.95. The van der Waals surface area contributed by atoms with Crippen molar-refractivity contribution in [3.05, 3.63) is 34.9 Å². The predicted octanol–water partition coefficient (Wildman–Crippen LogP) is 2.73. The minimum Gasteiger partial charge on any atom is -0.481 e. The Hall–Kier alpha value is -1.75. The molecule has 0 aliphatic heterocycles. The third-order valence-corrected chi connectivity index (χ3v) is 4.04. The van der Waals surface area contributed by atoms with E-state index in [1.165, 1.54) is 0 Å². The van der Waals surface area contributed by atoms with Gasteiger partial charge in [0.05, 0.1) is 5.92 Å². The van der Waals surface area contributed by atoms with Crippen LogP contribution in [0.3, 0.4) is 0 Å². The molecule has 0 saturated heterocycles. The number of nitrogens with zero attached hydrogens (tertiary/aromatic N) is 1. The summed E-state index contributed by atoms with van der Waals surface area (Å²) in [6.07, 6.45) is 1.86. The lowest BCUT2D eigenvalue weighted by Gasteiger charge is -2.21. The van der Waals surface area contributed by atoms with Crippen LogP contribution in [0.5, 0.6) is 0 Å². The van der Waals surface area contributed by atoms with Crippen LogP contribution in [0.2, 0.25) is 5.02 Å². The topological polar surface area (TPSA) is 69.6 Å². The van der Waals surface area contributed by atoms with Gasteiger partial charge in [0, 0.05) is 24.7 Å². The zero-order valence-corrected chi connectivity index (χ0v) is 12.6. The molecule has 0 aromatic heterocycles. The second-order valence-electron chi connectivity index (χ2n) is 5.48. The molecule has 2 unspecified atom stereocenters. The van der Waals surface area contributed by atoms with E-state index >= 15 is 0 Å². The Morgan fingerprint density at radius 2 is 2.00 bits per heavy atom. The van der Waals surface area contributed by atoms with Gasteiger partial charge in [-0.05, 0) is 37.0 Å². The van der Waals surface area contributed by atoms with E-state index in [4.69, 9.17) is 16.7 Å². The Morgan fingerprint density at radius 3 is 2.57 bits per heavy atom. The normalized spacial score (nSPS) is 21.0. The van der Waals surface area contributed by atoms with Gasteiger partial charge in [-0.25, -0.2) is 4.79 Å². The Morgan fingerprint density at radius 1 is 1.33 bits per heavy atom. The summed E-state index contributed by atoms with van der Waals surface area (Å²) in [6.45, 7) is 0.484. The Balaban J connectivity index is 1.83. The standard InChI is InChI=1S/C15H19ClN2O3/c1-18(9-10-2-5-12(16)6-3-10)15(21)17-13-7-4-11(8-13)14(19)20/h2-3,5-6,11,13H,4,7-9H2,1H3,(H,17,21)(H,19,20). The molecule has 2 amide bonds. The van der Waals surface area contributed by atoms with Crippen molar-refractivity contribution in [2.75, 3.05) is 7.05 Å². The van der Waals surface area contributed by atoms with E-state index in [1.54, 1.807) is 24.1 Å². The van der Waals surface area contributed by atoms with Crippen molar-refractivity contribution < 1.29 is 14.7 Å². The second kappa shape index (κ2) is 6.80. The van der Waals surface area contributed by atoms with Gasteiger partial charge in [-0.15, -0.1) is 0 Å². The third-order valence-electron chi connectivity index (χ3n) is 3.79. The van der Waals surface area contributed by atoms with Crippen LogP contribution in [0, 0.1) is 5.92 Å². The first kappa shape index (κ1) is 15.6. The molecule has 0 spiro atoms. The maximum absolute atomic E-state index is 12.1. The van der Waals surface area contributed by atoms with E-state index in [1.807, 2.05) is 12.1 Å². The zero-order valence-electron chi connectivity index (χ0n) is 11.9. The van der Waals surface area contributed by atoms with E-state index in [2.05, 4.69) is 5.32 Å². The van der Waals surface area contributed by atoms with E-state index in [0.29, 0.717) is 24.4 Å². The number of rotatable bonds is 4. The number of amides is 2. The Labute approximate surface area is 128 Å². The Bertz CT molecular complexity index is 518. The molecule has 114 valence electrons. The number of carboxylic acid groups (broad SMARTS) is 1.